The number of rotatable bonds is 4. The largest absolute Gasteiger partial charge is 0.302 e. The SMILES string of the molecule is CCN(C)Cc1ccc(C(C)=O)cc1. The van der Waals surface area contributed by atoms with Gasteiger partial charge in [-0.2, -0.15) is 0 Å². The molecule has 2 heteroatoms. The molecule has 0 N–H and O–H groups in total. The highest BCUT2D eigenvalue weighted by molar-refractivity contribution is 5.93. The molecule has 0 aliphatic rings. The van der Waals surface area contributed by atoms with E-state index in [0.717, 1.165) is 18.7 Å². The quantitative estimate of drug-likeness (QED) is 0.681. The standard InChI is InChI=1S/C12H17NO/c1-4-13(3)9-11-5-7-12(8-6-11)10(2)14/h5-8H,4,9H2,1-3H3. The molecule has 0 saturated carbocycles. The molecule has 0 amide bonds. The van der Waals surface area contributed by atoms with E-state index in [1.165, 1.54) is 5.56 Å². The van der Waals surface area contributed by atoms with Crippen LogP contribution in [0.15, 0.2) is 24.3 Å². The Balaban J connectivity index is 2.68. The molecule has 0 heterocycles. The Morgan fingerprint density at radius 3 is 2.29 bits per heavy atom. The van der Waals surface area contributed by atoms with E-state index in [1.807, 2.05) is 24.3 Å². The van der Waals surface area contributed by atoms with Gasteiger partial charge in [-0.15, -0.1) is 0 Å². The van der Waals surface area contributed by atoms with Crippen molar-refractivity contribution >= 4 is 5.78 Å². The van der Waals surface area contributed by atoms with Crippen molar-refractivity contribution in [3.8, 4) is 0 Å². The van der Waals surface area contributed by atoms with Crippen LogP contribution >= 0.6 is 0 Å². The van der Waals surface area contributed by atoms with Gasteiger partial charge in [0.15, 0.2) is 5.78 Å². The normalized spacial score (nSPS) is 10.6. The Labute approximate surface area is 85.5 Å². The minimum atomic E-state index is 0.125. The molecule has 0 saturated heterocycles. The lowest BCUT2D eigenvalue weighted by atomic mass is 10.1. The van der Waals surface area contributed by atoms with Crippen molar-refractivity contribution in [3.05, 3.63) is 35.4 Å². The zero-order valence-electron chi connectivity index (χ0n) is 9.08. The molecule has 1 rings (SSSR count). The zero-order valence-corrected chi connectivity index (χ0v) is 9.08. The van der Waals surface area contributed by atoms with Gasteiger partial charge in [-0.05, 0) is 26.1 Å². The summed E-state index contributed by atoms with van der Waals surface area (Å²) >= 11 is 0. The summed E-state index contributed by atoms with van der Waals surface area (Å²) < 4.78 is 0. The average molecular weight is 191 g/mol. The maximum atomic E-state index is 11.0. The summed E-state index contributed by atoms with van der Waals surface area (Å²) in [5.41, 5.74) is 2.03. The summed E-state index contributed by atoms with van der Waals surface area (Å²) in [4.78, 5) is 13.2. The van der Waals surface area contributed by atoms with Gasteiger partial charge < -0.3 is 4.90 Å². The van der Waals surface area contributed by atoms with Gasteiger partial charge >= 0.3 is 0 Å². The Hall–Kier alpha value is -1.15. The van der Waals surface area contributed by atoms with Crippen molar-refractivity contribution in [1.82, 2.24) is 4.90 Å². The summed E-state index contributed by atoms with van der Waals surface area (Å²) in [5.74, 6) is 0.125. The highest BCUT2D eigenvalue weighted by Gasteiger charge is 2.00. The summed E-state index contributed by atoms with van der Waals surface area (Å²) in [5, 5.41) is 0. The maximum absolute atomic E-state index is 11.0. The molecule has 0 aromatic heterocycles. The molecule has 14 heavy (non-hydrogen) atoms. The van der Waals surface area contributed by atoms with Crippen LogP contribution in [0.3, 0.4) is 0 Å². The predicted octanol–water partition coefficient (Wildman–Crippen LogP) is 2.34. The van der Waals surface area contributed by atoms with Gasteiger partial charge in [0, 0.05) is 12.1 Å². The molecule has 0 atom stereocenters. The van der Waals surface area contributed by atoms with Crippen LogP contribution in [0.5, 0.6) is 0 Å². The molecule has 0 unspecified atom stereocenters. The number of carbonyl (C=O) groups excluding carboxylic acids is 1. The number of carbonyl (C=O) groups is 1. The zero-order chi connectivity index (χ0) is 10.6. The summed E-state index contributed by atoms with van der Waals surface area (Å²) in [7, 11) is 2.08. The van der Waals surface area contributed by atoms with E-state index in [2.05, 4.69) is 18.9 Å². The molecule has 0 fully saturated rings. The molecule has 0 radical (unpaired) electrons. The van der Waals surface area contributed by atoms with E-state index in [4.69, 9.17) is 0 Å². The van der Waals surface area contributed by atoms with Crippen molar-refractivity contribution in [1.29, 1.82) is 0 Å². The second-order valence-electron chi connectivity index (χ2n) is 3.58. The minimum absolute atomic E-state index is 0.125. The Kier molecular flexibility index (Phi) is 3.84. The van der Waals surface area contributed by atoms with Crippen LogP contribution in [0.25, 0.3) is 0 Å². The average Bonchev–Trinajstić information content (AvgIpc) is 2.18. The lowest BCUT2D eigenvalue weighted by Gasteiger charge is -2.13. The fourth-order valence-corrected chi connectivity index (χ4v) is 1.27. The van der Waals surface area contributed by atoms with Gasteiger partial charge in [-0.3, -0.25) is 4.79 Å². The molecule has 1 aromatic carbocycles. The van der Waals surface area contributed by atoms with Crippen molar-refractivity contribution in [2.24, 2.45) is 0 Å². The number of Topliss-reactive ketones (excluding diaryl/α,β-unsaturated/α-hetero) is 1. The van der Waals surface area contributed by atoms with E-state index in [1.54, 1.807) is 6.92 Å². The third-order valence-corrected chi connectivity index (χ3v) is 2.35. The first-order valence-electron chi connectivity index (χ1n) is 4.92. The van der Waals surface area contributed by atoms with Crippen LogP contribution in [0.2, 0.25) is 0 Å². The molecule has 1 aromatic rings. The van der Waals surface area contributed by atoms with E-state index < -0.39 is 0 Å². The van der Waals surface area contributed by atoms with Gasteiger partial charge in [0.25, 0.3) is 0 Å². The third-order valence-electron chi connectivity index (χ3n) is 2.35. The lowest BCUT2D eigenvalue weighted by molar-refractivity contribution is 0.101. The molecule has 0 aliphatic carbocycles. The van der Waals surface area contributed by atoms with Crippen LogP contribution in [0.4, 0.5) is 0 Å². The summed E-state index contributed by atoms with van der Waals surface area (Å²) in [6.07, 6.45) is 0. The molecule has 0 bridgehead atoms. The Morgan fingerprint density at radius 1 is 1.29 bits per heavy atom. The highest BCUT2D eigenvalue weighted by atomic mass is 16.1. The Morgan fingerprint density at radius 2 is 1.86 bits per heavy atom. The fraction of sp³-hybridized carbons (Fsp3) is 0.417. The molecule has 0 spiro atoms. The van der Waals surface area contributed by atoms with E-state index in [9.17, 15) is 4.79 Å². The topological polar surface area (TPSA) is 20.3 Å². The second-order valence-corrected chi connectivity index (χ2v) is 3.58. The van der Waals surface area contributed by atoms with Crippen LogP contribution < -0.4 is 0 Å². The van der Waals surface area contributed by atoms with Crippen LogP contribution in [-0.2, 0) is 6.54 Å². The van der Waals surface area contributed by atoms with Crippen molar-refractivity contribution < 1.29 is 4.79 Å². The predicted molar refractivity (Wildman–Crippen MR) is 58.5 cm³/mol. The van der Waals surface area contributed by atoms with Gasteiger partial charge in [-0.1, -0.05) is 31.2 Å². The van der Waals surface area contributed by atoms with Crippen molar-refractivity contribution in [3.63, 3.8) is 0 Å². The highest BCUT2D eigenvalue weighted by Crippen LogP contribution is 2.06. The first kappa shape index (κ1) is 10.9. The monoisotopic (exact) mass is 191 g/mol. The summed E-state index contributed by atoms with van der Waals surface area (Å²) in [6, 6.07) is 7.81. The smallest absolute Gasteiger partial charge is 0.159 e. The number of hydrogen-bond donors (Lipinski definition) is 0. The Bertz CT molecular complexity index is 303. The number of hydrogen-bond acceptors (Lipinski definition) is 2. The van der Waals surface area contributed by atoms with Gasteiger partial charge in [0.2, 0.25) is 0 Å². The first-order chi connectivity index (χ1) is 6.63. The van der Waals surface area contributed by atoms with Crippen molar-refractivity contribution in [2.75, 3.05) is 13.6 Å². The van der Waals surface area contributed by atoms with Crippen molar-refractivity contribution in [2.45, 2.75) is 20.4 Å². The van der Waals surface area contributed by atoms with E-state index in [0.29, 0.717) is 0 Å². The third kappa shape index (κ3) is 2.96. The molecule has 0 aliphatic heterocycles. The lowest BCUT2D eigenvalue weighted by Crippen LogP contribution is -2.16. The van der Waals surface area contributed by atoms with E-state index in [-0.39, 0.29) is 5.78 Å². The maximum Gasteiger partial charge on any atom is 0.159 e. The van der Waals surface area contributed by atoms with Crippen LogP contribution in [0.1, 0.15) is 29.8 Å². The van der Waals surface area contributed by atoms with Gasteiger partial charge in [0.1, 0.15) is 0 Å². The summed E-state index contributed by atoms with van der Waals surface area (Å²) in [6.45, 7) is 5.69. The van der Waals surface area contributed by atoms with Crippen LogP contribution in [0, 0.1) is 0 Å². The fourth-order valence-electron chi connectivity index (χ4n) is 1.27. The van der Waals surface area contributed by atoms with Gasteiger partial charge in [-0.25, -0.2) is 0 Å². The molecule has 76 valence electrons. The first-order valence-corrected chi connectivity index (χ1v) is 4.92. The molecular weight excluding hydrogens is 174 g/mol. The number of benzene rings is 1. The number of ketones is 1. The number of nitrogens with zero attached hydrogens (tertiary/aromatic N) is 1. The second kappa shape index (κ2) is 4.91. The minimum Gasteiger partial charge on any atom is -0.302 e. The van der Waals surface area contributed by atoms with E-state index >= 15 is 0 Å². The molecular formula is C12H17NO. The van der Waals surface area contributed by atoms with Crippen LogP contribution in [-0.4, -0.2) is 24.3 Å². The molecule has 2 nitrogen and oxygen atoms in total. The van der Waals surface area contributed by atoms with Gasteiger partial charge in [0.05, 0.1) is 0 Å².